The van der Waals surface area contributed by atoms with Gasteiger partial charge in [0, 0.05) is 5.56 Å². The van der Waals surface area contributed by atoms with Crippen molar-refractivity contribution in [3.63, 3.8) is 0 Å². The van der Waals surface area contributed by atoms with Crippen LogP contribution in [0.2, 0.25) is 0 Å². The molecule has 1 radical (unpaired) electrons. The molecule has 0 bridgehead atoms. The molecule has 0 spiro atoms. The second kappa shape index (κ2) is 6.43. The van der Waals surface area contributed by atoms with E-state index in [1.807, 2.05) is 0 Å². The van der Waals surface area contributed by atoms with Gasteiger partial charge in [0.2, 0.25) is 0 Å². The van der Waals surface area contributed by atoms with Crippen LogP contribution in [0.15, 0.2) is 12.1 Å². The molecule has 3 nitrogen and oxygen atoms in total. The number of hydrogen-bond donors (Lipinski definition) is 0. The first-order chi connectivity index (χ1) is 8.47. The van der Waals surface area contributed by atoms with Gasteiger partial charge in [-0.3, -0.25) is 0 Å². The maximum atomic E-state index is 11.4. The molecule has 18 heavy (non-hydrogen) atoms. The van der Waals surface area contributed by atoms with E-state index in [9.17, 15) is 4.79 Å². The smallest absolute Gasteiger partial charge is 0.434 e. The molecular formula is C15H21O3. The second-order valence-corrected chi connectivity index (χ2v) is 4.76. The minimum absolute atomic E-state index is 0.268. The summed E-state index contributed by atoms with van der Waals surface area (Å²) in [5, 5.41) is 0. The van der Waals surface area contributed by atoms with Gasteiger partial charge in [-0.05, 0) is 36.5 Å². The lowest BCUT2D eigenvalue weighted by atomic mass is 9.90. The van der Waals surface area contributed by atoms with E-state index in [4.69, 9.17) is 9.47 Å². The highest BCUT2D eigenvalue weighted by atomic mass is 16.7. The fraction of sp³-hybridized carbons (Fsp3) is 0.533. The Morgan fingerprint density at radius 1 is 1.28 bits per heavy atom. The molecule has 0 fully saturated rings. The Morgan fingerprint density at radius 3 is 2.44 bits per heavy atom. The van der Waals surface area contributed by atoms with Crippen LogP contribution in [0.5, 0.6) is 5.75 Å². The van der Waals surface area contributed by atoms with Gasteiger partial charge in [0.1, 0.15) is 5.75 Å². The average molecular weight is 249 g/mol. The van der Waals surface area contributed by atoms with Crippen molar-refractivity contribution < 1.29 is 14.3 Å². The summed E-state index contributed by atoms with van der Waals surface area (Å²) in [6.45, 7) is 10.4. The fourth-order valence-electron chi connectivity index (χ4n) is 1.91. The van der Waals surface area contributed by atoms with Crippen LogP contribution in [0, 0.1) is 6.07 Å². The molecule has 0 aromatic heterocycles. The van der Waals surface area contributed by atoms with Gasteiger partial charge in [-0.25, -0.2) is 4.79 Å². The van der Waals surface area contributed by atoms with Crippen molar-refractivity contribution in [1.82, 2.24) is 0 Å². The molecule has 0 N–H and O–H groups in total. The minimum atomic E-state index is -0.652. The van der Waals surface area contributed by atoms with Crippen LogP contribution in [0.3, 0.4) is 0 Å². The third-order valence-electron chi connectivity index (χ3n) is 2.64. The number of benzene rings is 1. The predicted molar refractivity (Wildman–Crippen MR) is 71.1 cm³/mol. The SMILES string of the molecule is CCOC(=O)Oc1cc[c]c(C(C)C)c1C(C)C. The molecule has 0 aliphatic rings. The van der Waals surface area contributed by atoms with Crippen molar-refractivity contribution in [3.05, 3.63) is 29.3 Å². The molecule has 0 amide bonds. The van der Waals surface area contributed by atoms with E-state index >= 15 is 0 Å². The summed E-state index contributed by atoms with van der Waals surface area (Å²) in [5.41, 5.74) is 2.12. The molecule has 1 aromatic rings. The predicted octanol–water partition coefficient (Wildman–Crippen LogP) is 4.27. The Kier molecular flexibility index (Phi) is 5.20. The van der Waals surface area contributed by atoms with Crippen molar-refractivity contribution in [2.45, 2.75) is 46.5 Å². The zero-order valence-corrected chi connectivity index (χ0v) is 11.7. The molecule has 0 unspecified atom stereocenters. The topological polar surface area (TPSA) is 35.5 Å². The molecule has 0 saturated heterocycles. The van der Waals surface area contributed by atoms with Gasteiger partial charge in [0.05, 0.1) is 6.61 Å². The number of carbonyl (C=O) groups is 1. The summed E-state index contributed by atoms with van der Waals surface area (Å²) in [7, 11) is 0. The molecule has 0 aliphatic heterocycles. The Bertz CT molecular complexity index is 408. The van der Waals surface area contributed by atoms with Crippen LogP contribution < -0.4 is 4.74 Å². The number of ether oxygens (including phenoxy) is 2. The van der Waals surface area contributed by atoms with Crippen molar-refractivity contribution in [2.75, 3.05) is 6.61 Å². The summed E-state index contributed by atoms with van der Waals surface area (Å²) >= 11 is 0. The molecule has 1 aromatic carbocycles. The van der Waals surface area contributed by atoms with Gasteiger partial charge < -0.3 is 9.47 Å². The third-order valence-corrected chi connectivity index (χ3v) is 2.64. The zero-order chi connectivity index (χ0) is 13.7. The molecule has 1 rings (SSSR count). The van der Waals surface area contributed by atoms with E-state index in [2.05, 4.69) is 33.8 Å². The number of rotatable bonds is 4. The lowest BCUT2D eigenvalue weighted by Gasteiger charge is -2.18. The van der Waals surface area contributed by atoms with Crippen LogP contribution in [-0.2, 0) is 4.74 Å². The fourth-order valence-corrected chi connectivity index (χ4v) is 1.91. The normalized spacial score (nSPS) is 10.8. The molecule has 0 saturated carbocycles. The summed E-state index contributed by atoms with van der Waals surface area (Å²) in [6.07, 6.45) is -0.652. The molecule has 0 atom stereocenters. The van der Waals surface area contributed by atoms with E-state index in [1.165, 1.54) is 0 Å². The Labute approximate surface area is 109 Å². The summed E-state index contributed by atoms with van der Waals surface area (Å²) in [5.74, 6) is 1.18. The molecule has 0 heterocycles. The maximum Gasteiger partial charge on any atom is 0.513 e. The van der Waals surface area contributed by atoms with E-state index in [-0.39, 0.29) is 5.92 Å². The quantitative estimate of drug-likeness (QED) is 0.590. The van der Waals surface area contributed by atoms with Gasteiger partial charge in [-0.15, -0.1) is 0 Å². The monoisotopic (exact) mass is 249 g/mol. The van der Waals surface area contributed by atoms with Crippen molar-refractivity contribution in [2.24, 2.45) is 0 Å². The largest absolute Gasteiger partial charge is 0.513 e. The van der Waals surface area contributed by atoms with Gasteiger partial charge in [-0.1, -0.05) is 33.8 Å². The Hall–Kier alpha value is -1.51. The number of carbonyl (C=O) groups excluding carboxylic acids is 1. The first-order valence-corrected chi connectivity index (χ1v) is 6.36. The minimum Gasteiger partial charge on any atom is -0.434 e. The van der Waals surface area contributed by atoms with Gasteiger partial charge in [0.25, 0.3) is 0 Å². The molecule has 3 heteroatoms. The molecule has 0 aliphatic carbocycles. The summed E-state index contributed by atoms with van der Waals surface area (Å²) in [6, 6.07) is 6.78. The van der Waals surface area contributed by atoms with E-state index in [1.54, 1.807) is 19.1 Å². The van der Waals surface area contributed by atoms with Gasteiger partial charge in [-0.2, -0.15) is 0 Å². The van der Waals surface area contributed by atoms with E-state index in [0.29, 0.717) is 18.3 Å². The second-order valence-electron chi connectivity index (χ2n) is 4.76. The highest BCUT2D eigenvalue weighted by Crippen LogP contribution is 2.33. The summed E-state index contributed by atoms with van der Waals surface area (Å²) < 4.78 is 10.1. The average Bonchev–Trinajstić information content (AvgIpc) is 2.28. The zero-order valence-electron chi connectivity index (χ0n) is 11.7. The number of hydrogen-bond acceptors (Lipinski definition) is 3. The lowest BCUT2D eigenvalue weighted by Crippen LogP contribution is -2.13. The van der Waals surface area contributed by atoms with Crippen molar-refractivity contribution in [3.8, 4) is 5.75 Å². The van der Waals surface area contributed by atoms with Crippen LogP contribution in [0.1, 0.15) is 57.6 Å². The van der Waals surface area contributed by atoms with Crippen LogP contribution in [-0.4, -0.2) is 12.8 Å². The van der Waals surface area contributed by atoms with Crippen LogP contribution in [0.25, 0.3) is 0 Å². The van der Waals surface area contributed by atoms with Crippen LogP contribution in [0.4, 0.5) is 4.79 Å². The highest BCUT2D eigenvalue weighted by molar-refractivity contribution is 5.65. The molecule has 99 valence electrons. The summed E-state index contributed by atoms with van der Waals surface area (Å²) in [4.78, 5) is 11.4. The lowest BCUT2D eigenvalue weighted by molar-refractivity contribution is 0.104. The Morgan fingerprint density at radius 2 is 1.94 bits per heavy atom. The van der Waals surface area contributed by atoms with Crippen molar-refractivity contribution in [1.29, 1.82) is 0 Å². The van der Waals surface area contributed by atoms with E-state index < -0.39 is 6.16 Å². The molecular weight excluding hydrogens is 228 g/mol. The third kappa shape index (κ3) is 3.49. The van der Waals surface area contributed by atoms with Gasteiger partial charge >= 0.3 is 6.16 Å². The highest BCUT2D eigenvalue weighted by Gasteiger charge is 2.18. The van der Waals surface area contributed by atoms with Crippen LogP contribution >= 0.6 is 0 Å². The maximum absolute atomic E-state index is 11.4. The Balaban J connectivity index is 3.11. The van der Waals surface area contributed by atoms with E-state index in [0.717, 1.165) is 11.1 Å². The standard InChI is InChI=1S/C15H21O3/c1-6-17-15(16)18-13-9-7-8-12(10(2)3)14(13)11(4)5/h7,9-11H,6H2,1-5H3. The first kappa shape index (κ1) is 14.6. The first-order valence-electron chi connectivity index (χ1n) is 6.36. The van der Waals surface area contributed by atoms with Gasteiger partial charge in [0.15, 0.2) is 0 Å². The van der Waals surface area contributed by atoms with Crippen molar-refractivity contribution >= 4 is 6.16 Å².